The maximum atomic E-state index is 9.43. The van der Waals surface area contributed by atoms with Crippen LogP contribution in [-0.2, 0) is 4.74 Å². The number of hydrogen-bond acceptors (Lipinski definition) is 4. The molecule has 0 aromatic heterocycles. The molecule has 0 aromatic rings. The summed E-state index contributed by atoms with van der Waals surface area (Å²) in [5.74, 6) is 0. The van der Waals surface area contributed by atoms with Crippen molar-refractivity contribution in [3.63, 3.8) is 0 Å². The largest absolute Gasteiger partial charge is 0.390 e. The van der Waals surface area contributed by atoms with Gasteiger partial charge in [0, 0.05) is 25.2 Å². The summed E-state index contributed by atoms with van der Waals surface area (Å²) in [5, 5.41) is 9.43. The maximum absolute atomic E-state index is 9.43. The minimum Gasteiger partial charge on any atom is -0.390 e. The third-order valence-corrected chi connectivity index (χ3v) is 2.52. The highest BCUT2D eigenvalue weighted by molar-refractivity contribution is 4.85. The molecule has 13 heavy (non-hydrogen) atoms. The van der Waals surface area contributed by atoms with Gasteiger partial charge in [0.25, 0.3) is 0 Å². The number of rotatable bonds is 3. The van der Waals surface area contributed by atoms with Gasteiger partial charge in [-0.2, -0.15) is 0 Å². The van der Waals surface area contributed by atoms with E-state index in [-0.39, 0.29) is 5.54 Å². The van der Waals surface area contributed by atoms with Gasteiger partial charge >= 0.3 is 0 Å². The third kappa shape index (κ3) is 2.91. The molecule has 0 amide bonds. The third-order valence-electron chi connectivity index (χ3n) is 2.52. The molecular weight excluding hydrogens is 168 g/mol. The van der Waals surface area contributed by atoms with Gasteiger partial charge in [0.15, 0.2) is 0 Å². The Labute approximate surface area is 79.7 Å². The van der Waals surface area contributed by atoms with E-state index >= 15 is 0 Å². The number of nitrogens with zero attached hydrogens (tertiary/aromatic N) is 1. The molecule has 4 heteroatoms. The predicted octanol–water partition coefficient (Wildman–Crippen LogP) is -0.583. The van der Waals surface area contributed by atoms with Gasteiger partial charge in [-0.25, -0.2) is 0 Å². The second kappa shape index (κ2) is 4.37. The van der Waals surface area contributed by atoms with E-state index in [1.165, 1.54) is 0 Å². The molecule has 1 aliphatic rings. The highest BCUT2D eigenvalue weighted by Gasteiger charge is 2.31. The average molecular weight is 188 g/mol. The summed E-state index contributed by atoms with van der Waals surface area (Å²) in [5.41, 5.74) is 5.39. The summed E-state index contributed by atoms with van der Waals surface area (Å²) in [7, 11) is 0. The summed E-state index contributed by atoms with van der Waals surface area (Å²) < 4.78 is 5.38. The zero-order chi connectivity index (χ0) is 9.90. The minimum absolute atomic E-state index is 0.0222. The standard InChI is InChI=1S/C9H20N2O2/c1-9(2)7-13-4-3-11(9)6-8(12)5-10/h8,12H,3-7,10H2,1-2H3. The van der Waals surface area contributed by atoms with Gasteiger partial charge in [-0.05, 0) is 13.8 Å². The minimum atomic E-state index is -0.419. The molecule has 1 saturated heterocycles. The van der Waals surface area contributed by atoms with Crippen LogP contribution in [0.4, 0.5) is 0 Å². The Kier molecular flexibility index (Phi) is 3.67. The van der Waals surface area contributed by atoms with Crippen LogP contribution in [0.3, 0.4) is 0 Å². The first-order valence-corrected chi connectivity index (χ1v) is 4.77. The van der Waals surface area contributed by atoms with Crippen molar-refractivity contribution >= 4 is 0 Å². The summed E-state index contributed by atoms with van der Waals surface area (Å²) >= 11 is 0. The van der Waals surface area contributed by atoms with Crippen molar-refractivity contribution in [3.8, 4) is 0 Å². The number of aliphatic hydroxyl groups is 1. The van der Waals surface area contributed by atoms with E-state index in [0.717, 1.165) is 19.8 Å². The highest BCUT2D eigenvalue weighted by Crippen LogP contribution is 2.18. The first-order chi connectivity index (χ1) is 6.06. The van der Waals surface area contributed by atoms with Crippen LogP contribution in [0, 0.1) is 0 Å². The summed E-state index contributed by atoms with van der Waals surface area (Å²) in [6, 6.07) is 0. The predicted molar refractivity (Wildman–Crippen MR) is 51.5 cm³/mol. The Morgan fingerprint density at radius 1 is 1.62 bits per heavy atom. The molecule has 1 fully saturated rings. The quantitative estimate of drug-likeness (QED) is 0.622. The van der Waals surface area contributed by atoms with Gasteiger partial charge in [0.05, 0.1) is 19.3 Å². The molecule has 0 aromatic carbocycles. The molecule has 0 spiro atoms. The van der Waals surface area contributed by atoms with Crippen molar-refractivity contribution in [1.82, 2.24) is 4.90 Å². The van der Waals surface area contributed by atoms with Gasteiger partial charge in [-0.3, -0.25) is 4.90 Å². The van der Waals surface area contributed by atoms with Crippen molar-refractivity contribution in [1.29, 1.82) is 0 Å². The van der Waals surface area contributed by atoms with Crippen molar-refractivity contribution < 1.29 is 9.84 Å². The molecule has 0 saturated carbocycles. The van der Waals surface area contributed by atoms with Crippen molar-refractivity contribution in [2.45, 2.75) is 25.5 Å². The first kappa shape index (κ1) is 10.9. The monoisotopic (exact) mass is 188 g/mol. The fourth-order valence-electron chi connectivity index (χ4n) is 1.56. The number of aliphatic hydroxyl groups excluding tert-OH is 1. The van der Waals surface area contributed by atoms with Crippen LogP contribution in [0.5, 0.6) is 0 Å². The number of nitrogens with two attached hydrogens (primary N) is 1. The van der Waals surface area contributed by atoms with Crippen molar-refractivity contribution in [2.75, 3.05) is 32.8 Å². The summed E-state index contributed by atoms with van der Waals surface area (Å²) in [4.78, 5) is 2.23. The second-order valence-electron chi connectivity index (χ2n) is 4.20. The Balaban J connectivity index is 2.46. The number of morpholine rings is 1. The molecule has 78 valence electrons. The van der Waals surface area contributed by atoms with E-state index in [4.69, 9.17) is 10.5 Å². The van der Waals surface area contributed by atoms with Gasteiger partial charge in [-0.1, -0.05) is 0 Å². The SMILES string of the molecule is CC1(C)COCCN1CC(O)CN. The summed E-state index contributed by atoms with van der Waals surface area (Å²) in [6.45, 7) is 7.57. The Hall–Kier alpha value is -0.160. The molecule has 4 nitrogen and oxygen atoms in total. The topological polar surface area (TPSA) is 58.7 Å². The van der Waals surface area contributed by atoms with Crippen LogP contribution in [0.25, 0.3) is 0 Å². The zero-order valence-electron chi connectivity index (χ0n) is 8.49. The van der Waals surface area contributed by atoms with E-state index < -0.39 is 6.10 Å². The van der Waals surface area contributed by atoms with E-state index in [0.29, 0.717) is 13.1 Å². The molecule has 1 aliphatic heterocycles. The second-order valence-corrected chi connectivity index (χ2v) is 4.20. The van der Waals surface area contributed by atoms with E-state index in [1.54, 1.807) is 0 Å². The molecule has 0 aliphatic carbocycles. The lowest BCUT2D eigenvalue weighted by Crippen LogP contribution is -2.55. The average Bonchev–Trinajstić information content (AvgIpc) is 2.08. The fraction of sp³-hybridized carbons (Fsp3) is 1.00. The van der Waals surface area contributed by atoms with E-state index in [2.05, 4.69) is 18.7 Å². The van der Waals surface area contributed by atoms with Gasteiger partial charge in [0.2, 0.25) is 0 Å². The van der Waals surface area contributed by atoms with Crippen LogP contribution >= 0.6 is 0 Å². The lowest BCUT2D eigenvalue weighted by atomic mass is 10.0. The molecule has 1 unspecified atom stereocenters. The van der Waals surface area contributed by atoms with Gasteiger partial charge in [0.1, 0.15) is 0 Å². The van der Waals surface area contributed by atoms with Crippen LogP contribution in [0.2, 0.25) is 0 Å². The normalized spacial score (nSPS) is 25.8. The number of hydrogen-bond donors (Lipinski definition) is 2. The van der Waals surface area contributed by atoms with Crippen LogP contribution < -0.4 is 5.73 Å². The Bertz CT molecular complexity index is 162. The smallest absolute Gasteiger partial charge is 0.0789 e. The Morgan fingerprint density at radius 3 is 2.85 bits per heavy atom. The first-order valence-electron chi connectivity index (χ1n) is 4.77. The highest BCUT2D eigenvalue weighted by atomic mass is 16.5. The van der Waals surface area contributed by atoms with Crippen molar-refractivity contribution in [2.24, 2.45) is 5.73 Å². The summed E-state index contributed by atoms with van der Waals surface area (Å²) in [6.07, 6.45) is -0.419. The fourth-order valence-corrected chi connectivity index (χ4v) is 1.56. The van der Waals surface area contributed by atoms with Crippen LogP contribution in [0.1, 0.15) is 13.8 Å². The number of ether oxygens (including phenoxy) is 1. The molecule has 3 N–H and O–H groups in total. The maximum Gasteiger partial charge on any atom is 0.0789 e. The van der Waals surface area contributed by atoms with Crippen LogP contribution in [-0.4, -0.2) is 54.5 Å². The molecule has 0 bridgehead atoms. The molecule has 0 radical (unpaired) electrons. The number of β-amino-alcohol motifs (C(OH)–C–C–N with tert-alkyl or cyclic N) is 1. The molecule has 1 rings (SSSR count). The van der Waals surface area contributed by atoms with Gasteiger partial charge in [-0.15, -0.1) is 0 Å². The van der Waals surface area contributed by atoms with E-state index in [1.807, 2.05) is 0 Å². The molecular formula is C9H20N2O2. The molecule has 1 heterocycles. The van der Waals surface area contributed by atoms with Crippen molar-refractivity contribution in [3.05, 3.63) is 0 Å². The van der Waals surface area contributed by atoms with Crippen LogP contribution in [0.15, 0.2) is 0 Å². The lowest BCUT2D eigenvalue weighted by Gasteiger charge is -2.42. The molecule has 1 atom stereocenters. The Morgan fingerprint density at radius 2 is 2.31 bits per heavy atom. The van der Waals surface area contributed by atoms with Gasteiger partial charge < -0.3 is 15.6 Å². The zero-order valence-corrected chi connectivity index (χ0v) is 8.49. The van der Waals surface area contributed by atoms with E-state index in [9.17, 15) is 5.11 Å². The lowest BCUT2D eigenvalue weighted by molar-refractivity contribution is -0.0652.